The Bertz CT molecular complexity index is 656. The lowest BCUT2D eigenvalue weighted by atomic mass is 9.72. The van der Waals surface area contributed by atoms with Crippen molar-refractivity contribution >= 4 is 0 Å². The maximum absolute atomic E-state index is 11.8. The van der Waals surface area contributed by atoms with E-state index in [1.807, 2.05) is 24.3 Å². The van der Waals surface area contributed by atoms with Crippen LogP contribution in [0.5, 0.6) is 0 Å². The molecule has 1 N–H and O–H groups in total. The molecule has 1 atom stereocenters. The van der Waals surface area contributed by atoms with Crippen LogP contribution in [0.25, 0.3) is 0 Å². The van der Waals surface area contributed by atoms with E-state index in [1.54, 1.807) is 0 Å². The number of benzene rings is 2. The van der Waals surface area contributed by atoms with Crippen LogP contribution in [0.15, 0.2) is 67.3 Å². The van der Waals surface area contributed by atoms with E-state index in [0.29, 0.717) is 0 Å². The van der Waals surface area contributed by atoms with Crippen LogP contribution < -0.4 is 0 Å². The lowest BCUT2D eigenvalue weighted by Gasteiger charge is -2.42. The van der Waals surface area contributed by atoms with Crippen molar-refractivity contribution in [3.05, 3.63) is 83.9 Å². The van der Waals surface area contributed by atoms with Gasteiger partial charge in [0.25, 0.3) is 0 Å². The van der Waals surface area contributed by atoms with Crippen LogP contribution in [0.1, 0.15) is 29.5 Å². The molecular weight excluding hydrogens is 294 g/mol. The number of hydrogen-bond donors (Lipinski definition) is 1. The van der Waals surface area contributed by atoms with Gasteiger partial charge in [-0.2, -0.15) is 0 Å². The molecule has 0 radical (unpaired) electrons. The van der Waals surface area contributed by atoms with Gasteiger partial charge in [0.15, 0.2) is 0 Å². The highest BCUT2D eigenvalue weighted by molar-refractivity contribution is 5.38. The molecule has 2 aromatic carbocycles. The molecule has 2 nitrogen and oxygen atoms in total. The second-order valence-corrected chi connectivity index (χ2v) is 6.86. The number of aryl methyl sites for hydroxylation is 1. The van der Waals surface area contributed by atoms with Gasteiger partial charge in [-0.25, -0.2) is 0 Å². The average molecular weight is 321 g/mol. The molecule has 0 aromatic heterocycles. The molecule has 0 bridgehead atoms. The molecule has 1 fully saturated rings. The van der Waals surface area contributed by atoms with Crippen LogP contribution in [0, 0.1) is 12.8 Å². The van der Waals surface area contributed by atoms with E-state index >= 15 is 0 Å². The zero-order valence-corrected chi connectivity index (χ0v) is 14.5. The summed E-state index contributed by atoms with van der Waals surface area (Å²) in [4.78, 5) is 2.41. The van der Waals surface area contributed by atoms with Gasteiger partial charge in [0, 0.05) is 6.54 Å². The minimum atomic E-state index is -0.921. The summed E-state index contributed by atoms with van der Waals surface area (Å²) in [5, 5.41) is 11.8. The molecule has 1 unspecified atom stereocenters. The second kappa shape index (κ2) is 7.33. The molecule has 24 heavy (non-hydrogen) atoms. The predicted octanol–water partition coefficient (Wildman–Crippen LogP) is 4.13. The summed E-state index contributed by atoms with van der Waals surface area (Å²) in [6.45, 7) is 8.87. The fraction of sp³-hybridized carbons (Fsp3) is 0.364. The summed E-state index contributed by atoms with van der Waals surface area (Å²) in [5.41, 5.74) is 2.29. The van der Waals surface area contributed by atoms with E-state index in [1.165, 1.54) is 5.56 Å². The highest BCUT2D eigenvalue weighted by Crippen LogP contribution is 2.41. The Balaban J connectivity index is 1.94. The Hall–Kier alpha value is -1.90. The normalized spacial score (nSPS) is 18.9. The first-order valence-electron chi connectivity index (χ1n) is 8.83. The molecule has 1 heterocycles. The van der Waals surface area contributed by atoms with E-state index in [0.717, 1.165) is 43.6 Å². The standard InChI is InChI=1S/C22H27NO/c1-3-15-23-16-13-21(14-17-23)22(24,19-7-5-4-6-8-19)20-11-9-18(2)10-12-20/h3-12,21,24H,1,13-17H2,2H3. The van der Waals surface area contributed by atoms with E-state index in [-0.39, 0.29) is 5.92 Å². The fourth-order valence-electron chi connectivity index (χ4n) is 3.85. The number of aliphatic hydroxyl groups is 1. The monoisotopic (exact) mass is 321 g/mol. The predicted molar refractivity (Wildman–Crippen MR) is 100.0 cm³/mol. The number of likely N-dealkylation sites (tertiary alicyclic amines) is 1. The van der Waals surface area contributed by atoms with Gasteiger partial charge in [0.05, 0.1) is 0 Å². The first-order valence-corrected chi connectivity index (χ1v) is 8.83. The highest BCUT2D eigenvalue weighted by atomic mass is 16.3. The molecular formula is C22H27NO. The third kappa shape index (κ3) is 3.31. The zero-order valence-electron chi connectivity index (χ0n) is 14.5. The van der Waals surface area contributed by atoms with Crippen molar-refractivity contribution in [1.82, 2.24) is 4.90 Å². The first kappa shape index (κ1) is 16.9. The smallest absolute Gasteiger partial charge is 0.117 e. The van der Waals surface area contributed by atoms with Crippen molar-refractivity contribution in [2.45, 2.75) is 25.4 Å². The molecule has 0 saturated carbocycles. The maximum atomic E-state index is 11.8. The number of piperidine rings is 1. The Kier molecular flexibility index (Phi) is 5.17. The summed E-state index contributed by atoms with van der Waals surface area (Å²) < 4.78 is 0. The number of hydrogen-bond acceptors (Lipinski definition) is 2. The van der Waals surface area contributed by atoms with E-state index < -0.39 is 5.60 Å². The Labute approximate surface area is 145 Å². The Morgan fingerprint density at radius 2 is 1.62 bits per heavy atom. The maximum Gasteiger partial charge on any atom is 0.117 e. The topological polar surface area (TPSA) is 23.5 Å². The summed E-state index contributed by atoms with van der Waals surface area (Å²) >= 11 is 0. The molecule has 2 heteroatoms. The van der Waals surface area contributed by atoms with Crippen LogP contribution in [-0.2, 0) is 5.60 Å². The van der Waals surface area contributed by atoms with Crippen LogP contribution in [0.2, 0.25) is 0 Å². The van der Waals surface area contributed by atoms with Gasteiger partial charge < -0.3 is 5.11 Å². The molecule has 0 amide bonds. The van der Waals surface area contributed by atoms with Crippen molar-refractivity contribution in [2.24, 2.45) is 5.92 Å². The summed E-state index contributed by atoms with van der Waals surface area (Å²) in [5.74, 6) is 0.226. The van der Waals surface area contributed by atoms with Gasteiger partial charge in [-0.15, -0.1) is 6.58 Å². The fourth-order valence-corrected chi connectivity index (χ4v) is 3.85. The van der Waals surface area contributed by atoms with Gasteiger partial charge >= 0.3 is 0 Å². The second-order valence-electron chi connectivity index (χ2n) is 6.86. The largest absolute Gasteiger partial charge is 0.380 e. The van der Waals surface area contributed by atoms with Crippen molar-refractivity contribution in [3.8, 4) is 0 Å². The van der Waals surface area contributed by atoms with Gasteiger partial charge in [0.2, 0.25) is 0 Å². The van der Waals surface area contributed by atoms with Crippen LogP contribution in [0.3, 0.4) is 0 Å². The molecule has 1 saturated heterocycles. The minimum Gasteiger partial charge on any atom is -0.380 e. The molecule has 1 aliphatic rings. The van der Waals surface area contributed by atoms with Gasteiger partial charge in [-0.1, -0.05) is 66.2 Å². The number of nitrogens with zero attached hydrogens (tertiary/aromatic N) is 1. The Morgan fingerprint density at radius 3 is 2.21 bits per heavy atom. The van der Waals surface area contributed by atoms with Crippen molar-refractivity contribution in [3.63, 3.8) is 0 Å². The third-order valence-electron chi connectivity index (χ3n) is 5.27. The van der Waals surface area contributed by atoms with Gasteiger partial charge in [0.1, 0.15) is 5.60 Å². The lowest BCUT2D eigenvalue weighted by molar-refractivity contribution is -0.0127. The SMILES string of the molecule is C=CCN1CCC(C(O)(c2ccccc2)c2ccc(C)cc2)CC1. The molecule has 0 aliphatic carbocycles. The number of rotatable bonds is 5. The van der Waals surface area contributed by atoms with E-state index in [9.17, 15) is 5.11 Å². The molecule has 2 aromatic rings. The van der Waals surface area contributed by atoms with Gasteiger partial charge in [-0.3, -0.25) is 4.90 Å². The molecule has 3 rings (SSSR count). The van der Waals surface area contributed by atoms with Gasteiger partial charge in [-0.05, 0) is 49.9 Å². The van der Waals surface area contributed by atoms with E-state index in [2.05, 4.69) is 54.8 Å². The Morgan fingerprint density at radius 1 is 1.04 bits per heavy atom. The zero-order chi connectivity index (χ0) is 17.0. The minimum absolute atomic E-state index is 0.226. The molecule has 126 valence electrons. The van der Waals surface area contributed by atoms with Crippen molar-refractivity contribution in [2.75, 3.05) is 19.6 Å². The van der Waals surface area contributed by atoms with Crippen LogP contribution >= 0.6 is 0 Å². The average Bonchev–Trinajstić information content (AvgIpc) is 2.63. The summed E-state index contributed by atoms with van der Waals surface area (Å²) in [6.07, 6.45) is 3.95. The van der Waals surface area contributed by atoms with Crippen molar-refractivity contribution in [1.29, 1.82) is 0 Å². The third-order valence-corrected chi connectivity index (χ3v) is 5.27. The van der Waals surface area contributed by atoms with Crippen molar-refractivity contribution < 1.29 is 5.11 Å². The first-order chi connectivity index (χ1) is 11.6. The van der Waals surface area contributed by atoms with E-state index in [4.69, 9.17) is 0 Å². The lowest BCUT2D eigenvalue weighted by Crippen LogP contribution is -2.44. The van der Waals surface area contributed by atoms with Crippen LogP contribution in [0.4, 0.5) is 0 Å². The highest BCUT2D eigenvalue weighted by Gasteiger charge is 2.41. The summed E-state index contributed by atoms with van der Waals surface area (Å²) in [6, 6.07) is 18.5. The summed E-state index contributed by atoms with van der Waals surface area (Å²) in [7, 11) is 0. The quantitative estimate of drug-likeness (QED) is 0.837. The molecule has 1 aliphatic heterocycles. The molecule has 0 spiro atoms. The van der Waals surface area contributed by atoms with Crippen LogP contribution in [-0.4, -0.2) is 29.6 Å².